The molecule has 1 fully saturated rings. The number of hydrogen-bond acceptors (Lipinski definition) is 3. The molecule has 116 valence electrons. The van der Waals surface area contributed by atoms with E-state index in [0.29, 0.717) is 18.9 Å². The first-order chi connectivity index (χ1) is 9.29. The molecule has 2 amide bonds. The van der Waals surface area contributed by atoms with E-state index in [4.69, 9.17) is 4.74 Å². The van der Waals surface area contributed by atoms with Crippen molar-refractivity contribution in [2.24, 2.45) is 11.8 Å². The Balaban J connectivity index is 2.99. The molecule has 0 saturated carbocycles. The summed E-state index contributed by atoms with van der Waals surface area (Å²) in [5, 5.41) is 2.84. The minimum Gasteiger partial charge on any atom is -0.383 e. The largest absolute Gasteiger partial charge is 0.383 e. The van der Waals surface area contributed by atoms with Crippen LogP contribution in [0.15, 0.2) is 0 Å². The molecule has 1 rings (SSSR count). The Bertz CT molecular complexity index is 355. The zero-order valence-corrected chi connectivity index (χ0v) is 13.5. The van der Waals surface area contributed by atoms with Gasteiger partial charge in [0.15, 0.2) is 0 Å². The number of rotatable bonds is 6. The molecule has 0 aliphatic carbocycles. The van der Waals surface area contributed by atoms with E-state index in [1.54, 1.807) is 18.9 Å². The summed E-state index contributed by atoms with van der Waals surface area (Å²) >= 11 is 0. The predicted octanol–water partition coefficient (Wildman–Crippen LogP) is 1.42. The number of nitrogens with zero attached hydrogens (tertiary/aromatic N) is 1. The third kappa shape index (κ3) is 3.72. The molecule has 5 nitrogen and oxygen atoms in total. The highest BCUT2D eigenvalue weighted by atomic mass is 16.5. The number of carbonyl (C=O) groups is 2. The Morgan fingerprint density at radius 1 is 1.25 bits per heavy atom. The number of carbonyl (C=O) groups excluding carboxylic acids is 2. The van der Waals surface area contributed by atoms with E-state index in [1.165, 1.54) is 0 Å². The average Bonchev–Trinajstić information content (AvgIpc) is 2.34. The summed E-state index contributed by atoms with van der Waals surface area (Å²) in [4.78, 5) is 26.5. The lowest BCUT2D eigenvalue weighted by molar-refractivity contribution is -0.154. The molecule has 1 heterocycles. The van der Waals surface area contributed by atoms with Crippen LogP contribution in [0, 0.1) is 11.8 Å². The lowest BCUT2D eigenvalue weighted by Crippen LogP contribution is -2.66. The summed E-state index contributed by atoms with van der Waals surface area (Å²) in [7, 11) is 1.63. The number of nitrogens with one attached hydrogen (secondary N) is 1. The van der Waals surface area contributed by atoms with Gasteiger partial charge in [-0.2, -0.15) is 0 Å². The van der Waals surface area contributed by atoms with Crippen molar-refractivity contribution in [3.8, 4) is 0 Å². The van der Waals surface area contributed by atoms with Gasteiger partial charge in [0.25, 0.3) is 0 Å². The molecule has 0 spiro atoms. The lowest BCUT2D eigenvalue weighted by Gasteiger charge is -2.43. The second kappa shape index (κ2) is 7.07. The van der Waals surface area contributed by atoms with E-state index < -0.39 is 12.1 Å². The van der Waals surface area contributed by atoms with Gasteiger partial charge in [-0.05, 0) is 25.2 Å². The van der Waals surface area contributed by atoms with Gasteiger partial charge in [0.1, 0.15) is 12.1 Å². The summed E-state index contributed by atoms with van der Waals surface area (Å²) in [6, 6.07) is -0.909. The summed E-state index contributed by atoms with van der Waals surface area (Å²) in [5.41, 5.74) is 0. The summed E-state index contributed by atoms with van der Waals surface area (Å²) in [6.45, 7) is 10.4. The Morgan fingerprint density at radius 2 is 1.85 bits per heavy atom. The van der Waals surface area contributed by atoms with Crippen LogP contribution in [0.2, 0.25) is 0 Å². The first kappa shape index (κ1) is 17.0. The summed E-state index contributed by atoms with van der Waals surface area (Å²) in [5.74, 6) is 0.546. The minimum atomic E-state index is -0.437. The van der Waals surface area contributed by atoms with E-state index in [-0.39, 0.29) is 23.8 Å². The van der Waals surface area contributed by atoms with Gasteiger partial charge in [0.2, 0.25) is 11.8 Å². The molecule has 3 atom stereocenters. The fourth-order valence-electron chi connectivity index (χ4n) is 2.70. The van der Waals surface area contributed by atoms with E-state index in [9.17, 15) is 9.59 Å². The summed E-state index contributed by atoms with van der Waals surface area (Å²) in [6.07, 6.45) is 0.672. The fraction of sp³-hybridized carbons (Fsp3) is 0.867. The molecular formula is C15H28N2O3. The standard InChI is InChI=1S/C15H28N2O3/c1-9(2)7-12-15(19)17(11(5)14(18)16-12)13(8-20-6)10(3)4/h9-13H,7-8H2,1-6H3,(H,16,18). The van der Waals surface area contributed by atoms with Crippen molar-refractivity contribution in [3.05, 3.63) is 0 Å². The normalized spacial score (nSPS) is 25.3. The molecule has 20 heavy (non-hydrogen) atoms. The number of hydrogen-bond donors (Lipinski definition) is 1. The Labute approximate surface area is 122 Å². The average molecular weight is 284 g/mol. The predicted molar refractivity (Wildman–Crippen MR) is 78.2 cm³/mol. The van der Waals surface area contributed by atoms with Crippen LogP contribution in [-0.4, -0.2) is 48.6 Å². The van der Waals surface area contributed by atoms with Gasteiger partial charge in [-0.25, -0.2) is 0 Å². The van der Waals surface area contributed by atoms with E-state index in [0.717, 1.165) is 0 Å². The van der Waals surface area contributed by atoms with E-state index in [1.807, 2.05) is 13.8 Å². The zero-order valence-electron chi connectivity index (χ0n) is 13.5. The van der Waals surface area contributed by atoms with Crippen molar-refractivity contribution in [2.45, 2.75) is 59.2 Å². The maximum Gasteiger partial charge on any atom is 0.246 e. The van der Waals surface area contributed by atoms with Crippen molar-refractivity contribution in [3.63, 3.8) is 0 Å². The highest BCUT2D eigenvalue weighted by Crippen LogP contribution is 2.22. The molecule has 1 aliphatic heterocycles. The molecule has 1 N–H and O–H groups in total. The van der Waals surface area contributed by atoms with Crippen LogP contribution < -0.4 is 5.32 Å². The molecule has 5 heteroatoms. The second-order valence-electron chi connectivity index (χ2n) is 6.38. The van der Waals surface area contributed by atoms with Crippen LogP contribution in [0.3, 0.4) is 0 Å². The minimum absolute atomic E-state index is 0.0153. The van der Waals surface area contributed by atoms with E-state index >= 15 is 0 Å². The van der Waals surface area contributed by atoms with Crippen LogP contribution in [0.5, 0.6) is 0 Å². The highest BCUT2D eigenvalue weighted by Gasteiger charge is 2.42. The molecule has 1 saturated heterocycles. The first-order valence-corrected chi connectivity index (χ1v) is 7.41. The highest BCUT2D eigenvalue weighted by molar-refractivity contribution is 5.96. The molecule has 0 aromatic carbocycles. The van der Waals surface area contributed by atoms with Gasteiger partial charge >= 0.3 is 0 Å². The Morgan fingerprint density at radius 3 is 2.30 bits per heavy atom. The Kier molecular flexibility index (Phi) is 5.99. The molecule has 0 aromatic heterocycles. The van der Waals surface area contributed by atoms with Gasteiger partial charge in [-0.1, -0.05) is 27.7 Å². The van der Waals surface area contributed by atoms with Gasteiger partial charge < -0.3 is 15.0 Å². The molecular weight excluding hydrogens is 256 g/mol. The van der Waals surface area contributed by atoms with Crippen molar-refractivity contribution < 1.29 is 14.3 Å². The molecule has 0 radical (unpaired) electrons. The SMILES string of the molecule is COCC(C(C)C)N1C(=O)C(CC(C)C)NC(=O)C1C. The quantitative estimate of drug-likeness (QED) is 0.802. The van der Waals surface area contributed by atoms with Crippen LogP contribution in [-0.2, 0) is 14.3 Å². The van der Waals surface area contributed by atoms with Crippen molar-refractivity contribution in [1.82, 2.24) is 10.2 Å². The number of methoxy groups -OCH3 is 1. The Hall–Kier alpha value is -1.10. The molecule has 0 aromatic rings. The number of piperazine rings is 1. The molecule has 3 unspecified atom stereocenters. The van der Waals surface area contributed by atoms with E-state index in [2.05, 4.69) is 19.2 Å². The molecule has 0 bridgehead atoms. The maximum atomic E-state index is 12.7. The van der Waals surface area contributed by atoms with Crippen LogP contribution >= 0.6 is 0 Å². The fourth-order valence-corrected chi connectivity index (χ4v) is 2.70. The number of ether oxygens (including phenoxy) is 1. The topological polar surface area (TPSA) is 58.6 Å². The van der Waals surface area contributed by atoms with Gasteiger partial charge in [0.05, 0.1) is 12.6 Å². The monoisotopic (exact) mass is 284 g/mol. The van der Waals surface area contributed by atoms with Crippen molar-refractivity contribution in [1.29, 1.82) is 0 Å². The molecule has 1 aliphatic rings. The number of amides is 2. The first-order valence-electron chi connectivity index (χ1n) is 7.41. The summed E-state index contributed by atoms with van der Waals surface area (Å²) < 4.78 is 5.24. The zero-order chi connectivity index (χ0) is 15.4. The van der Waals surface area contributed by atoms with Crippen molar-refractivity contribution in [2.75, 3.05) is 13.7 Å². The second-order valence-corrected chi connectivity index (χ2v) is 6.38. The van der Waals surface area contributed by atoms with Gasteiger partial charge in [0, 0.05) is 7.11 Å². The third-order valence-electron chi connectivity index (χ3n) is 3.84. The van der Waals surface area contributed by atoms with Crippen molar-refractivity contribution >= 4 is 11.8 Å². The van der Waals surface area contributed by atoms with Crippen LogP contribution in [0.25, 0.3) is 0 Å². The van der Waals surface area contributed by atoms with Gasteiger partial charge in [-0.3, -0.25) is 9.59 Å². The lowest BCUT2D eigenvalue weighted by atomic mass is 9.94. The van der Waals surface area contributed by atoms with Gasteiger partial charge in [-0.15, -0.1) is 0 Å². The third-order valence-corrected chi connectivity index (χ3v) is 3.84. The van der Waals surface area contributed by atoms with Crippen LogP contribution in [0.1, 0.15) is 41.0 Å². The van der Waals surface area contributed by atoms with Crippen LogP contribution in [0.4, 0.5) is 0 Å². The maximum absolute atomic E-state index is 12.7. The smallest absolute Gasteiger partial charge is 0.246 e.